The molecule has 3 heterocycles. The summed E-state index contributed by atoms with van der Waals surface area (Å²) >= 11 is 10.6. The van der Waals surface area contributed by atoms with Crippen molar-refractivity contribution < 1.29 is 0 Å². The van der Waals surface area contributed by atoms with Gasteiger partial charge in [0.2, 0.25) is 11.2 Å². The lowest BCUT2D eigenvalue weighted by molar-refractivity contribution is 0.822. The first-order chi connectivity index (χ1) is 9.70. The summed E-state index contributed by atoms with van der Waals surface area (Å²) in [6.07, 6.45) is 6.68. The minimum Gasteiger partial charge on any atom is -0.274 e. The van der Waals surface area contributed by atoms with Gasteiger partial charge in [-0.05, 0) is 51.4 Å². The maximum atomic E-state index is 5.92. The summed E-state index contributed by atoms with van der Waals surface area (Å²) in [4.78, 5) is 20.7. The Labute approximate surface area is 131 Å². The molecular formula is C11H6BrClN6S. The van der Waals surface area contributed by atoms with Gasteiger partial charge in [0, 0.05) is 23.1 Å². The molecule has 0 amide bonds. The number of hydrogen-bond donors (Lipinski definition) is 0. The average Bonchev–Trinajstić information content (AvgIpc) is 2.95. The Morgan fingerprint density at radius 1 is 1.20 bits per heavy atom. The summed E-state index contributed by atoms with van der Waals surface area (Å²) in [6, 6.07) is 3.76. The molecule has 0 saturated heterocycles. The number of rotatable bonds is 3. The van der Waals surface area contributed by atoms with Crippen LogP contribution in [-0.2, 0) is 0 Å². The fraction of sp³-hybridized carbons (Fsp3) is 0. The average molecular weight is 370 g/mol. The molecule has 20 heavy (non-hydrogen) atoms. The minimum absolute atomic E-state index is 0.128. The van der Waals surface area contributed by atoms with Gasteiger partial charge in [0.25, 0.3) is 0 Å². The van der Waals surface area contributed by atoms with Crippen molar-refractivity contribution >= 4 is 39.3 Å². The highest BCUT2D eigenvalue weighted by molar-refractivity contribution is 9.10. The molecule has 100 valence electrons. The van der Waals surface area contributed by atoms with Crippen LogP contribution in [0, 0.1) is 0 Å². The standard InChI is InChI=1S/C11H6BrClN6S/c12-7-1-2-8(15-5-7)20-11-17-9(13)16-10(18-11)19-4-3-14-6-19/h1-6H. The molecule has 0 aliphatic heterocycles. The topological polar surface area (TPSA) is 69.4 Å². The van der Waals surface area contributed by atoms with E-state index in [0.29, 0.717) is 11.1 Å². The molecule has 0 aromatic carbocycles. The molecule has 6 nitrogen and oxygen atoms in total. The second-order valence-electron chi connectivity index (χ2n) is 3.57. The highest BCUT2D eigenvalue weighted by Crippen LogP contribution is 2.24. The van der Waals surface area contributed by atoms with Gasteiger partial charge in [0.15, 0.2) is 5.16 Å². The first-order valence-corrected chi connectivity index (χ1v) is 7.39. The Kier molecular flexibility index (Phi) is 3.95. The van der Waals surface area contributed by atoms with Crippen LogP contribution in [0.1, 0.15) is 0 Å². The first kappa shape index (κ1) is 13.5. The third kappa shape index (κ3) is 3.14. The zero-order valence-electron chi connectivity index (χ0n) is 9.81. The van der Waals surface area contributed by atoms with Gasteiger partial charge in [-0.25, -0.2) is 9.97 Å². The van der Waals surface area contributed by atoms with Gasteiger partial charge in [-0.3, -0.25) is 4.57 Å². The fourth-order valence-electron chi connectivity index (χ4n) is 1.38. The first-order valence-electron chi connectivity index (χ1n) is 5.40. The second kappa shape index (κ2) is 5.86. The van der Waals surface area contributed by atoms with Crippen molar-refractivity contribution in [2.24, 2.45) is 0 Å². The molecule has 0 saturated carbocycles. The molecule has 0 aliphatic rings. The molecule has 0 radical (unpaired) electrons. The van der Waals surface area contributed by atoms with Gasteiger partial charge < -0.3 is 0 Å². The van der Waals surface area contributed by atoms with E-state index in [1.54, 1.807) is 29.5 Å². The number of pyridine rings is 1. The quantitative estimate of drug-likeness (QED) is 0.707. The van der Waals surface area contributed by atoms with Crippen LogP contribution in [0.3, 0.4) is 0 Å². The lowest BCUT2D eigenvalue weighted by atomic mass is 10.5. The van der Waals surface area contributed by atoms with Gasteiger partial charge in [-0.2, -0.15) is 15.0 Å². The predicted molar refractivity (Wildman–Crippen MR) is 78.0 cm³/mol. The van der Waals surface area contributed by atoms with E-state index < -0.39 is 0 Å². The van der Waals surface area contributed by atoms with Crippen molar-refractivity contribution in [1.82, 2.24) is 29.5 Å². The van der Waals surface area contributed by atoms with Crippen LogP contribution in [0.5, 0.6) is 0 Å². The number of nitrogens with zero attached hydrogens (tertiary/aromatic N) is 6. The highest BCUT2D eigenvalue weighted by Gasteiger charge is 2.09. The Morgan fingerprint density at radius 2 is 2.10 bits per heavy atom. The van der Waals surface area contributed by atoms with Crippen molar-refractivity contribution in [1.29, 1.82) is 0 Å². The summed E-state index contributed by atoms with van der Waals surface area (Å²) in [5, 5.41) is 1.37. The van der Waals surface area contributed by atoms with E-state index in [0.717, 1.165) is 9.50 Å². The summed E-state index contributed by atoms with van der Waals surface area (Å²) in [5.74, 6) is 0.419. The van der Waals surface area contributed by atoms with Crippen molar-refractivity contribution in [3.05, 3.63) is 46.8 Å². The Hall–Kier alpha value is -1.51. The SMILES string of the molecule is Clc1nc(Sc2ccc(Br)cn2)nc(-n2ccnc2)n1. The summed E-state index contributed by atoms with van der Waals surface area (Å²) in [6.45, 7) is 0. The van der Waals surface area contributed by atoms with Crippen LogP contribution < -0.4 is 0 Å². The van der Waals surface area contributed by atoms with Crippen molar-refractivity contribution in [3.63, 3.8) is 0 Å². The molecule has 3 aromatic rings. The molecule has 0 bridgehead atoms. The Morgan fingerprint density at radius 3 is 2.80 bits per heavy atom. The van der Waals surface area contributed by atoms with Crippen molar-refractivity contribution in [2.45, 2.75) is 10.2 Å². The third-order valence-electron chi connectivity index (χ3n) is 2.21. The van der Waals surface area contributed by atoms with E-state index in [9.17, 15) is 0 Å². The molecule has 9 heteroatoms. The van der Waals surface area contributed by atoms with Crippen LogP contribution in [0.15, 0.2) is 51.7 Å². The van der Waals surface area contributed by atoms with E-state index in [2.05, 4.69) is 40.8 Å². The lowest BCUT2D eigenvalue weighted by Gasteiger charge is -2.03. The molecule has 3 aromatic heterocycles. The van der Waals surface area contributed by atoms with Crippen molar-refractivity contribution in [3.8, 4) is 5.95 Å². The van der Waals surface area contributed by atoms with Crippen LogP contribution in [0.2, 0.25) is 5.28 Å². The molecule has 0 fully saturated rings. The van der Waals surface area contributed by atoms with E-state index in [4.69, 9.17) is 11.6 Å². The van der Waals surface area contributed by atoms with Gasteiger partial charge >= 0.3 is 0 Å². The second-order valence-corrected chi connectivity index (χ2v) is 5.81. The van der Waals surface area contributed by atoms with E-state index >= 15 is 0 Å². The van der Waals surface area contributed by atoms with E-state index in [-0.39, 0.29) is 5.28 Å². The summed E-state index contributed by atoms with van der Waals surface area (Å²) < 4.78 is 2.57. The third-order valence-corrected chi connectivity index (χ3v) is 3.66. The fourth-order valence-corrected chi connectivity index (χ4v) is 2.50. The zero-order valence-corrected chi connectivity index (χ0v) is 13.0. The largest absolute Gasteiger partial charge is 0.274 e. The van der Waals surface area contributed by atoms with Gasteiger partial charge in [0.1, 0.15) is 11.4 Å². The predicted octanol–water partition coefficient (Wildman–Crippen LogP) is 3.02. The van der Waals surface area contributed by atoms with Gasteiger partial charge in [0.05, 0.1) is 0 Å². The number of aromatic nitrogens is 6. The van der Waals surface area contributed by atoms with Gasteiger partial charge in [-0.15, -0.1) is 0 Å². The van der Waals surface area contributed by atoms with Crippen LogP contribution in [-0.4, -0.2) is 29.5 Å². The monoisotopic (exact) mass is 368 g/mol. The zero-order chi connectivity index (χ0) is 13.9. The number of halogens is 2. The highest BCUT2D eigenvalue weighted by atomic mass is 79.9. The maximum Gasteiger partial charge on any atom is 0.240 e. The van der Waals surface area contributed by atoms with Crippen LogP contribution >= 0.6 is 39.3 Å². The molecule has 3 rings (SSSR count). The molecule has 0 unspecified atom stereocenters. The smallest absolute Gasteiger partial charge is 0.240 e. The normalized spacial score (nSPS) is 10.7. The Balaban J connectivity index is 1.92. The molecule has 0 spiro atoms. The Bertz CT molecular complexity index is 718. The molecule has 0 N–H and O–H groups in total. The summed E-state index contributed by atoms with van der Waals surface area (Å²) in [7, 11) is 0. The maximum absolute atomic E-state index is 5.92. The van der Waals surface area contributed by atoms with Gasteiger partial charge in [-0.1, -0.05) is 0 Å². The minimum atomic E-state index is 0.128. The summed E-state index contributed by atoms with van der Waals surface area (Å²) in [5.41, 5.74) is 0. The number of imidazole rings is 1. The molecular weight excluding hydrogens is 364 g/mol. The van der Waals surface area contributed by atoms with E-state index in [1.807, 2.05) is 12.1 Å². The molecule has 0 atom stereocenters. The lowest BCUT2D eigenvalue weighted by Crippen LogP contribution is -2.02. The molecule has 0 aliphatic carbocycles. The van der Waals surface area contributed by atoms with Crippen LogP contribution in [0.4, 0.5) is 0 Å². The number of hydrogen-bond acceptors (Lipinski definition) is 6. The van der Waals surface area contributed by atoms with Crippen LogP contribution in [0.25, 0.3) is 5.95 Å². The van der Waals surface area contributed by atoms with E-state index in [1.165, 1.54) is 11.8 Å². The van der Waals surface area contributed by atoms with Crippen molar-refractivity contribution in [2.75, 3.05) is 0 Å².